The van der Waals surface area contributed by atoms with Crippen LogP contribution in [0.4, 0.5) is 8.78 Å². The molecule has 0 aliphatic heterocycles. The Balaban J connectivity index is 2.19. The van der Waals surface area contributed by atoms with Crippen LogP contribution in [-0.4, -0.2) is 6.43 Å². The zero-order valence-electron chi connectivity index (χ0n) is 4.95. The molecular formula is C6H10F2. The van der Waals surface area contributed by atoms with Crippen molar-refractivity contribution in [1.29, 1.82) is 0 Å². The molecule has 0 spiro atoms. The second-order valence-electron chi connectivity index (χ2n) is 2.91. The van der Waals surface area contributed by atoms with Crippen molar-refractivity contribution < 1.29 is 8.78 Å². The third-order valence-electron chi connectivity index (χ3n) is 1.75. The van der Waals surface area contributed by atoms with Gasteiger partial charge in [-0.05, 0) is 18.3 Å². The van der Waals surface area contributed by atoms with Crippen LogP contribution in [0.25, 0.3) is 0 Å². The Hall–Kier alpha value is -0.140. The van der Waals surface area contributed by atoms with Gasteiger partial charge >= 0.3 is 0 Å². The summed E-state index contributed by atoms with van der Waals surface area (Å²) in [4.78, 5) is 0. The van der Waals surface area contributed by atoms with Crippen LogP contribution in [0.2, 0.25) is 0 Å². The summed E-state index contributed by atoms with van der Waals surface area (Å²) in [7, 11) is 0. The van der Waals surface area contributed by atoms with Crippen LogP contribution in [0.15, 0.2) is 0 Å². The minimum absolute atomic E-state index is 0.0220. The van der Waals surface area contributed by atoms with Crippen molar-refractivity contribution in [2.75, 3.05) is 0 Å². The summed E-state index contributed by atoms with van der Waals surface area (Å²) in [6, 6.07) is 0. The molecule has 0 heterocycles. The van der Waals surface area contributed by atoms with Crippen molar-refractivity contribution in [3.8, 4) is 0 Å². The Morgan fingerprint density at radius 2 is 2.00 bits per heavy atom. The van der Waals surface area contributed by atoms with Crippen LogP contribution < -0.4 is 0 Å². The van der Waals surface area contributed by atoms with E-state index in [4.69, 9.17) is 0 Å². The highest BCUT2D eigenvalue weighted by Gasteiger charge is 2.39. The normalized spacial score (nSPS) is 24.0. The third-order valence-corrected chi connectivity index (χ3v) is 1.75. The molecule has 0 atom stereocenters. The van der Waals surface area contributed by atoms with Crippen LogP contribution in [0.1, 0.15) is 26.2 Å². The Labute approximate surface area is 47.9 Å². The molecule has 0 nitrogen and oxygen atoms in total. The lowest BCUT2D eigenvalue weighted by atomic mass is 10.1. The first-order valence-electron chi connectivity index (χ1n) is 2.91. The van der Waals surface area contributed by atoms with Gasteiger partial charge in [0.2, 0.25) is 6.43 Å². The maximum atomic E-state index is 11.6. The molecule has 0 saturated heterocycles. The van der Waals surface area contributed by atoms with E-state index in [-0.39, 0.29) is 11.8 Å². The van der Waals surface area contributed by atoms with Gasteiger partial charge in [0.05, 0.1) is 0 Å². The molecule has 8 heavy (non-hydrogen) atoms. The zero-order valence-corrected chi connectivity index (χ0v) is 4.95. The van der Waals surface area contributed by atoms with Gasteiger partial charge in [-0.3, -0.25) is 0 Å². The molecule has 1 aliphatic carbocycles. The fourth-order valence-corrected chi connectivity index (χ4v) is 0.790. The third kappa shape index (κ3) is 1.42. The molecule has 48 valence electrons. The summed E-state index contributed by atoms with van der Waals surface area (Å²) in [6.45, 7) is 1.92. The lowest BCUT2D eigenvalue weighted by Gasteiger charge is -2.03. The minimum Gasteiger partial charge on any atom is -0.211 e. The summed E-state index contributed by atoms with van der Waals surface area (Å²) in [5, 5.41) is 0. The van der Waals surface area contributed by atoms with Crippen LogP contribution in [0.3, 0.4) is 0 Å². The Kier molecular flexibility index (Phi) is 1.25. The Morgan fingerprint density at radius 1 is 1.50 bits per heavy atom. The number of alkyl halides is 2. The fraction of sp³-hybridized carbons (Fsp3) is 1.00. The smallest absolute Gasteiger partial charge is 0.211 e. The average molecular weight is 120 g/mol. The van der Waals surface area contributed by atoms with E-state index in [0.717, 1.165) is 12.8 Å². The van der Waals surface area contributed by atoms with E-state index in [0.29, 0.717) is 0 Å². The first kappa shape index (κ1) is 5.99. The highest BCUT2D eigenvalue weighted by molar-refractivity contribution is 4.88. The largest absolute Gasteiger partial charge is 0.239 e. The Bertz CT molecular complexity index is 84.5. The predicted molar refractivity (Wildman–Crippen MR) is 28.0 cm³/mol. The molecule has 2 heteroatoms. The number of halogens is 2. The van der Waals surface area contributed by atoms with Crippen molar-refractivity contribution >= 4 is 0 Å². The topological polar surface area (TPSA) is 0 Å². The quantitative estimate of drug-likeness (QED) is 0.525. The summed E-state index contributed by atoms with van der Waals surface area (Å²) in [5.41, 5.74) is 0.0220. The lowest BCUT2D eigenvalue weighted by Crippen LogP contribution is -2.00. The summed E-state index contributed by atoms with van der Waals surface area (Å²) < 4.78 is 23.1. The van der Waals surface area contributed by atoms with Gasteiger partial charge in [-0.15, -0.1) is 0 Å². The molecule has 0 bridgehead atoms. The maximum absolute atomic E-state index is 11.6. The van der Waals surface area contributed by atoms with E-state index in [9.17, 15) is 8.78 Å². The van der Waals surface area contributed by atoms with Crippen LogP contribution in [0, 0.1) is 5.41 Å². The molecule has 0 N–H and O–H groups in total. The van der Waals surface area contributed by atoms with Crippen LogP contribution in [-0.2, 0) is 0 Å². The standard InChI is InChI=1S/C6H10F2/c1-6(2-3-6)4-5(7)8/h5H,2-4H2,1H3. The van der Waals surface area contributed by atoms with E-state index in [1.165, 1.54) is 0 Å². The first-order valence-corrected chi connectivity index (χ1v) is 2.91. The van der Waals surface area contributed by atoms with Gasteiger partial charge in [0.1, 0.15) is 0 Å². The second-order valence-corrected chi connectivity index (χ2v) is 2.91. The van der Waals surface area contributed by atoms with Gasteiger partial charge in [-0.1, -0.05) is 6.92 Å². The highest BCUT2D eigenvalue weighted by atomic mass is 19.3. The maximum Gasteiger partial charge on any atom is 0.239 e. The van der Waals surface area contributed by atoms with Gasteiger partial charge in [0.25, 0.3) is 0 Å². The highest BCUT2D eigenvalue weighted by Crippen LogP contribution is 2.49. The summed E-state index contributed by atoms with van der Waals surface area (Å²) >= 11 is 0. The van der Waals surface area contributed by atoms with E-state index < -0.39 is 6.43 Å². The van der Waals surface area contributed by atoms with E-state index >= 15 is 0 Å². The van der Waals surface area contributed by atoms with E-state index in [1.807, 2.05) is 6.92 Å². The fourth-order valence-electron chi connectivity index (χ4n) is 0.790. The van der Waals surface area contributed by atoms with Gasteiger partial charge in [-0.25, -0.2) is 8.78 Å². The zero-order chi connectivity index (χ0) is 6.20. The van der Waals surface area contributed by atoms with Crippen LogP contribution >= 0.6 is 0 Å². The molecule has 1 rings (SSSR count). The van der Waals surface area contributed by atoms with Crippen molar-refractivity contribution in [2.24, 2.45) is 5.41 Å². The molecule has 1 saturated carbocycles. The van der Waals surface area contributed by atoms with Gasteiger partial charge < -0.3 is 0 Å². The lowest BCUT2D eigenvalue weighted by molar-refractivity contribution is 0.113. The predicted octanol–water partition coefficient (Wildman–Crippen LogP) is 2.44. The van der Waals surface area contributed by atoms with Crippen molar-refractivity contribution in [2.45, 2.75) is 32.6 Å². The molecule has 0 unspecified atom stereocenters. The molecule has 0 radical (unpaired) electrons. The van der Waals surface area contributed by atoms with Crippen molar-refractivity contribution in [1.82, 2.24) is 0 Å². The number of rotatable bonds is 2. The molecule has 1 aliphatic rings. The Morgan fingerprint density at radius 3 is 2.12 bits per heavy atom. The minimum atomic E-state index is -2.09. The van der Waals surface area contributed by atoms with E-state index in [2.05, 4.69) is 0 Å². The molecule has 0 amide bonds. The molecular weight excluding hydrogens is 110 g/mol. The number of hydrogen-bond donors (Lipinski definition) is 0. The number of hydrogen-bond acceptors (Lipinski definition) is 0. The van der Waals surface area contributed by atoms with E-state index in [1.54, 1.807) is 0 Å². The molecule has 0 aromatic carbocycles. The van der Waals surface area contributed by atoms with Gasteiger partial charge in [0.15, 0.2) is 0 Å². The van der Waals surface area contributed by atoms with Crippen molar-refractivity contribution in [3.63, 3.8) is 0 Å². The average Bonchev–Trinajstić information content (AvgIpc) is 2.17. The van der Waals surface area contributed by atoms with Gasteiger partial charge in [0, 0.05) is 6.42 Å². The molecule has 0 aromatic rings. The summed E-state index contributed by atoms with van der Waals surface area (Å²) in [5.74, 6) is 0. The van der Waals surface area contributed by atoms with Crippen molar-refractivity contribution in [3.05, 3.63) is 0 Å². The molecule has 0 aromatic heterocycles. The second kappa shape index (κ2) is 1.67. The SMILES string of the molecule is CC1(CC(F)F)CC1. The monoisotopic (exact) mass is 120 g/mol. The van der Waals surface area contributed by atoms with Gasteiger partial charge in [-0.2, -0.15) is 0 Å². The first-order chi connectivity index (χ1) is 3.62. The molecule has 1 fully saturated rings. The van der Waals surface area contributed by atoms with Crippen LogP contribution in [0.5, 0.6) is 0 Å². The summed E-state index contributed by atoms with van der Waals surface area (Å²) in [6.07, 6.45) is 0.00398.